The average Bonchev–Trinajstić information content (AvgIpc) is 3.01. The van der Waals surface area contributed by atoms with Crippen molar-refractivity contribution in [1.29, 1.82) is 0 Å². The van der Waals surface area contributed by atoms with E-state index in [1.54, 1.807) is 35.2 Å². The number of hydrogen-bond donors (Lipinski definition) is 2. The fourth-order valence-electron chi connectivity index (χ4n) is 2.69. The summed E-state index contributed by atoms with van der Waals surface area (Å²) in [4.78, 5) is 25.7. The van der Waals surface area contributed by atoms with E-state index >= 15 is 0 Å². The van der Waals surface area contributed by atoms with E-state index in [4.69, 9.17) is 11.6 Å². The van der Waals surface area contributed by atoms with Gasteiger partial charge in [0.05, 0.1) is 6.04 Å². The minimum absolute atomic E-state index is 0.112. The van der Waals surface area contributed by atoms with Crippen molar-refractivity contribution in [3.8, 4) is 0 Å². The number of benzene rings is 2. The molecule has 1 heterocycles. The molecule has 0 bridgehead atoms. The molecule has 5 nitrogen and oxygen atoms in total. The van der Waals surface area contributed by atoms with Crippen molar-refractivity contribution in [2.45, 2.75) is 13.0 Å². The SMILES string of the molecule is CC(NC(=O)c1ccc(N2CCNC2=O)cc1)c1ccccc1Cl. The highest BCUT2D eigenvalue weighted by Gasteiger charge is 2.21. The van der Waals surface area contributed by atoms with Gasteiger partial charge in [-0.1, -0.05) is 29.8 Å². The molecule has 2 N–H and O–H groups in total. The van der Waals surface area contributed by atoms with E-state index < -0.39 is 0 Å². The van der Waals surface area contributed by atoms with Crippen LogP contribution in [0.3, 0.4) is 0 Å². The second-order valence-corrected chi connectivity index (χ2v) is 6.05. The first kappa shape index (κ1) is 16.3. The lowest BCUT2D eigenvalue weighted by atomic mass is 10.1. The van der Waals surface area contributed by atoms with Crippen LogP contribution in [0.5, 0.6) is 0 Å². The number of rotatable bonds is 4. The monoisotopic (exact) mass is 343 g/mol. The summed E-state index contributed by atoms with van der Waals surface area (Å²) >= 11 is 6.16. The molecule has 1 aliphatic rings. The Balaban J connectivity index is 1.69. The number of carbonyl (C=O) groups excluding carboxylic acids is 2. The van der Waals surface area contributed by atoms with E-state index in [2.05, 4.69) is 10.6 Å². The zero-order valence-corrected chi connectivity index (χ0v) is 14.0. The zero-order chi connectivity index (χ0) is 17.1. The first-order valence-corrected chi connectivity index (χ1v) is 8.15. The van der Waals surface area contributed by atoms with Gasteiger partial charge in [0.15, 0.2) is 0 Å². The normalized spacial score (nSPS) is 15.1. The second-order valence-electron chi connectivity index (χ2n) is 5.65. The number of urea groups is 1. The summed E-state index contributed by atoms with van der Waals surface area (Å²) in [5, 5.41) is 6.31. The molecule has 2 aromatic carbocycles. The molecule has 6 heteroatoms. The summed E-state index contributed by atoms with van der Waals surface area (Å²) in [5.41, 5.74) is 2.19. The molecule has 1 unspecified atom stereocenters. The van der Waals surface area contributed by atoms with Gasteiger partial charge in [-0.2, -0.15) is 0 Å². The Labute approximate surface area is 145 Å². The maximum atomic E-state index is 12.4. The van der Waals surface area contributed by atoms with E-state index in [1.807, 2.05) is 25.1 Å². The van der Waals surface area contributed by atoms with Crippen LogP contribution in [0.1, 0.15) is 28.9 Å². The molecule has 124 valence electrons. The van der Waals surface area contributed by atoms with Crippen LogP contribution >= 0.6 is 11.6 Å². The first-order valence-electron chi connectivity index (χ1n) is 7.77. The van der Waals surface area contributed by atoms with Crippen LogP contribution in [0.25, 0.3) is 0 Å². The standard InChI is InChI=1S/C18H18ClN3O2/c1-12(15-4-2-3-5-16(15)19)21-17(23)13-6-8-14(9-7-13)22-11-10-20-18(22)24/h2-9,12H,10-11H2,1H3,(H,20,24)(H,21,23). The van der Waals surface area contributed by atoms with Crippen molar-refractivity contribution in [3.63, 3.8) is 0 Å². The maximum absolute atomic E-state index is 12.4. The maximum Gasteiger partial charge on any atom is 0.321 e. The van der Waals surface area contributed by atoms with Crippen molar-refractivity contribution in [1.82, 2.24) is 10.6 Å². The summed E-state index contributed by atoms with van der Waals surface area (Å²) in [6, 6.07) is 14.1. The van der Waals surface area contributed by atoms with Crippen LogP contribution in [-0.2, 0) is 0 Å². The van der Waals surface area contributed by atoms with E-state index in [0.717, 1.165) is 11.3 Å². The van der Waals surface area contributed by atoms with Crippen LogP contribution in [-0.4, -0.2) is 25.0 Å². The van der Waals surface area contributed by atoms with Gasteiger partial charge in [0.25, 0.3) is 5.91 Å². The summed E-state index contributed by atoms with van der Waals surface area (Å²) in [7, 11) is 0. The smallest absolute Gasteiger partial charge is 0.321 e. The Kier molecular flexibility index (Phi) is 4.71. The number of nitrogens with zero attached hydrogens (tertiary/aromatic N) is 1. The molecule has 24 heavy (non-hydrogen) atoms. The van der Waals surface area contributed by atoms with Gasteiger partial charge in [-0.15, -0.1) is 0 Å². The molecule has 1 atom stereocenters. The number of amides is 3. The molecule has 0 saturated carbocycles. The molecule has 0 aliphatic carbocycles. The van der Waals surface area contributed by atoms with Gasteiger partial charge < -0.3 is 10.6 Å². The van der Waals surface area contributed by atoms with Gasteiger partial charge >= 0.3 is 6.03 Å². The Morgan fingerprint density at radius 1 is 1.21 bits per heavy atom. The third kappa shape index (κ3) is 3.36. The molecule has 3 rings (SSSR count). The summed E-state index contributed by atoms with van der Waals surface area (Å²) in [6.07, 6.45) is 0. The third-order valence-corrected chi connectivity index (χ3v) is 4.36. The molecular formula is C18H18ClN3O2. The highest BCUT2D eigenvalue weighted by Crippen LogP contribution is 2.23. The van der Waals surface area contributed by atoms with Crippen molar-refractivity contribution in [2.75, 3.05) is 18.0 Å². The van der Waals surface area contributed by atoms with Gasteiger partial charge in [-0.25, -0.2) is 4.79 Å². The lowest BCUT2D eigenvalue weighted by molar-refractivity contribution is 0.0940. The van der Waals surface area contributed by atoms with Gasteiger partial charge in [0, 0.05) is 29.4 Å². The molecule has 0 radical (unpaired) electrons. The van der Waals surface area contributed by atoms with Gasteiger partial charge in [-0.3, -0.25) is 9.69 Å². The molecule has 1 saturated heterocycles. The van der Waals surface area contributed by atoms with Crippen molar-refractivity contribution >= 4 is 29.2 Å². The minimum atomic E-state index is -0.199. The van der Waals surface area contributed by atoms with Crippen molar-refractivity contribution < 1.29 is 9.59 Å². The lowest BCUT2D eigenvalue weighted by Gasteiger charge is -2.17. The minimum Gasteiger partial charge on any atom is -0.345 e. The van der Waals surface area contributed by atoms with E-state index in [1.165, 1.54) is 0 Å². The molecule has 1 fully saturated rings. The molecule has 0 aromatic heterocycles. The molecular weight excluding hydrogens is 326 g/mol. The Bertz CT molecular complexity index is 761. The predicted octanol–water partition coefficient (Wildman–Crippen LogP) is 3.36. The highest BCUT2D eigenvalue weighted by molar-refractivity contribution is 6.31. The van der Waals surface area contributed by atoms with Crippen molar-refractivity contribution in [2.24, 2.45) is 0 Å². The van der Waals surface area contributed by atoms with Crippen LogP contribution < -0.4 is 15.5 Å². The summed E-state index contributed by atoms with van der Waals surface area (Å²) in [6.45, 7) is 3.16. The highest BCUT2D eigenvalue weighted by atomic mass is 35.5. The summed E-state index contributed by atoms with van der Waals surface area (Å²) in [5.74, 6) is -0.181. The fraction of sp³-hybridized carbons (Fsp3) is 0.222. The van der Waals surface area contributed by atoms with E-state index in [9.17, 15) is 9.59 Å². The van der Waals surface area contributed by atoms with Gasteiger partial charge in [0.1, 0.15) is 0 Å². The van der Waals surface area contributed by atoms with Crippen molar-refractivity contribution in [3.05, 3.63) is 64.7 Å². The molecule has 0 spiro atoms. The molecule has 3 amide bonds. The van der Waals surface area contributed by atoms with Gasteiger partial charge in [-0.05, 0) is 42.8 Å². The predicted molar refractivity (Wildman–Crippen MR) is 94.5 cm³/mol. The topological polar surface area (TPSA) is 61.4 Å². The number of hydrogen-bond acceptors (Lipinski definition) is 2. The van der Waals surface area contributed by atoms with Crippen LogP contribution in [0.15, 0.2) is 48.5 Å². The molecule has 1 aliphatic heterocycles. The number of halogens is 1. The number of nitrogens with one attached hydrogen (secondary N) is 2. The Morgan fingerprint density at radius 3 is 2.54 bits per heavy atom. The van der Waals surface area contributed by atoms with Crippen LogP contribution in [0, 0.1) is 0 Å². The summed E-state index contributed by atoms with van der Waals surface area (Å²) < 4.78 is 0. The third-order valence-electron chi connectivity index (χ3n) is 4.02. The molecule has 2 aromatic rings. The Morgan fingerprint density at radius 2 is 1.92 bits per heavy atom. The average molecular weight is 344 g/mol. The zero-order valence-electron chi connectivity index (χ0n) is 13.3. The van der Waals surface area contributed by atoms with E-state index in [-0.39, 0.29) is 18.0 Å². The largest absolute Gasteiger partial charge is 0.345 e. The second kappa shape index (κ2) is 6.93. The number of carbonyl (C=O) groups is 2. The number of anilines is 1. The van der Waals surface area contributed by atoms with Gasteiger partial charge in [0.2, 0.25) is 0 Å². The van der Waals surface area contributed by atoms with Crippen LogP contribution in [0.2, 0.25) is 5.02 Å². The fourth-order valence-corrected chi connectivity index (χ4v) is 2.99. The van der Waals surface area contributed by atoms with E-state index in [0.29, 0.717) is 23.7 Å². The Hall–Kier alpha value is -2.53. The quantitative estimate of drug-likeness (QED) is 0.894. The lowest BCUT2D eigenvalue weighted by Crippen LogP contribution is -2.28. The first-order chi connectivity index (χ1) is 11.6. The van der Waals surface area contributed by atoms with Crippen LogP contribution in [0.4, 0.5) is 10.5 Å².